The molecule has 0 rings (SSSR count). The Hall–Kier alpha value is -3.93. The van der Waals surface area contributed by atoms with Crippen LogP contribution in [0.25, 0.3) is 0 Å². The molecule has 0 aromatic rings. The number of unbranched alkanes of at least 4 members (excludes halogenated alkanes) is 16. The summed E-state index contributed by atoms with van der Waals surface area (Å²) in [5, 5.41) is 0. The first-order valence-corrected chi connectivity index (χ1v) is 23.5. The Morgan fingerprint density at radius 1 is 0.373 bits per heavy atom. The molecule has 59 heavy (non-hydrogen) atoms. The lowest BCUT2D eigenvalue weighted by Crippen LogP contribution is -2.30. The van der Waals surface area contributed by atoms with E-state index in [1.54, 1.807) is 0 Å². The predicted octanol–water partition coefficient (Wildman–Crippen LogP) is 15.2. The molecule has 0 N–H and O–H groups in total. The molecule has 0 aliphatic heterocycles. The fraction of sp³-hybridized carbons (Fsp3) is 0.604. The first-order valence-electron chi connectivity index (χ1n) is 23.5. The van der Waals surface area contributed by atoms with Crippen LogP contribution in [0.1, 0.15) is 188 Å². The molecule has 0 saturated heterocycles. The number of carbonyl (C=O) groups excluding carboxylic acids is 3. The zero-order valence-electron chi connectivity index (χ0n) is 37.7. The van der Waals surface area contributed by atoms with Gasteiger partial charge in [0.05, 0.1) is 0 Å². The lowest BCUT2D eigenvalue weighted by atomic mass is 10.1. The molecule has 0 amide bonds. The van der Waals surface area contributed by atoms with Crippen LogP contribution in [0.3, 0.4) is 0 Å². The summed E-state index contributed by atoms with van der Waals surface area (Å²) in [5.41, 5.74) is 0. The Bertz CT molecular complexity index is 1260. The van der Waals surface area contributed by atoms with Gasteiger partial charge in [-0.2, -0.15) is 0 Å². The SMILES string of the molecule is CC\C=C/C=C\C=C/C=C\C=C\C=C/CCCCCC(=O)OCC(COC(=O)CCCCCCCCCCCC)OC(=O)CCCCCC/C=C\C/C=C\C/C=C\CC. The number of carbonyl (C=O) groups is 3. The second-order valence-corrected chi connectivity index (χ2v) is 15.1. The fourth-order valence-corrected chi connectivity index (χ4v) is 5.96. The summed E-state index contributed by atoms with van der Waals surface area (Å²) in [4.78, 5) is 37.8. The van der Waals surface area contributed by atoms with Gasteiger partial charge in [0.25, 0.3) is 0 Å². The van der Waals surface area contributed by atoms with Gasteiger partial charge in [0.2, 0.25) is 0 Å². The standard InChI is InChI=1S/C53H84O6/c1-4-7-10-13-16-19-22-24-26-27-28-30-31-34-37-40-43-46-52(55)58-49-50(48-57-51(54)45-42-39-36-33-21-18-15-12-9-6-3)59-53(56)47-44-41-38-35-32-29-25-23-20-17-14-11-8-5-2/h7-8,10-11,13,16-17,19-20,22,24-31,50H,4-6,9,12,14-15,18,21,23,32-49H2,1-3H3/b10-7-,11-8-,16-13-,20-17-,22-19-,26-24-,28-27+,29-25-,31-30-. The highest BCUT2D eigenvalue weighted by molar-refractivity contribution is 5.71. The van der Waals surface area contributed by atoms with Crippen molar-refractivity contribution in [2.24, 2.45) is 0 Å². The van der Waals surface area contributed by atoms with Crippen molar-refractivity contribution in [1.29, 1.82) is 0 Å². The number of esters is 3. The van der Waals surface area contributed by atoms with Crippen molar-refractivity contribution in [2.45, 2.75) is 194 Å². The maximum absolute atomic E-state index is 12.7. The molecule has 0 saturated carbocycles. The van der Waals surface area contributed by atoms with Crippen LogP contribution in [0, 0.1) is 0 Å². The molecule has 0 radical (unpaired) electrons. The summed E-state index contributed by atoms with van der Waals surface area (Å²) in [5.74, 6) is -0.982. The number of hydrogen-bond donors (Lipinski definition) is 0. The third-order valence-corrected chi connectivity index (χ3v) is 9.43. The van der Waals surface area contributed by atoms with E-state index in [-0.39, 0.29) is 37.5 Å². The van der Waals surface area contributed by atoms with E-state index in [0.717, 1.165) is 103 Å². The van der Waals surface area contributed by atoms with E-state index in [9.17, 15) is 14.4 Å². The van der Waals surface area contributed by atoms with Crippen LogP contribution in [0.5, 0.6) is 0 Å². The van der Waals surface area contributed by atoms with E-state index in [2.05, 4.69) is 69.4 Å². The van der Waals surface area contributed by atoms with Crippen molar-refractivity contribution in [2.75, 3.05) is 13.2 Å². The van der Waals surface area contributed by atoms with Gasteiger partial charge in [-0.25, -0.2) is 0 Å². The summed E-state index contributed by atoms with van der Waals surface area (Å²) in [6.07, 6.45) is 62.1. The van der Waals surface area contributed by atoms with Crippen molar-refractivity contribution < 1.29 is 28.6 Å². The summed E-state index contributed by atoms with van der Waals surface area (Å²) in [6, 6.07) is 0. The molecule has 0 bridgehead atoms. The number of ether oxygens (including phenoxy) is 3. The molecule has 332 valence electrons. The predicted molar refractivity (Wildman–Crippen MR) is 251 cm³/mol. The summed E-state index contributed by atoms with van der Waals surface area (Å²) in [7, 11) is 0. The second kappa shape index (κ2) is 46.8. The molecule has 0 aromatic heterocycles. The first kappa shape index (κ1) is 55.1. The van der Waals surface area contributed by atoms with Gasteiger partial charge in [-0.05, 0) is 70.6 Å². The summed E-state index contributed by atoms with van der Waals surface area (Å²) in [6.45, 7) is 6.28. The monoisotopic (exact) mass is 817 g/mol. The summed E-state index contributed by atoms with van der Waals surface area (Å²) < 4.78 is 16.7. The minimum Gasteiger partial charge on any atom is -0.462 e. The van der Waals surface area contributed by atoms with Gasteiger partial charge in [0, 0.05) is 19.3 Å². The maximum Gasteiger partial charge on any atom is 0.306 e. The second-order valence-electron chi connectivity index (χ2n) is 15.1. The highest BCUT2D eigenvalue weighted by atomic mass is 16.6. The number of hydrogen-bond acceptors (Lipinski definition) is 6. The molecule has 0 aliphatic carbocycles. The zero-order chi connectivity index (χ0) is 43.0. The molecule has 6 heteroatoms. The van der Waals surface area contributed by atoms with E-state index >= 15 is 0 Å². The average molecular weight is 817 g/mol. The minimum absolute atomic E-state index is 0.103. The molecule has 6 nitrogen and oxygen atoms in total. The smallest absolute Gasteiger partial charge is 0.306 e. The van der Waals surface area contributed by atoms with Gasteiger partial charge in [0.1, 0.15) is 13.2 Å². The van der Waals surface area contributed by atoms with Gasteiger partial charge in [-0.3, -0.25) is 14.4 Å². The molecule has 1 atom stereocenters. The Labute approximate surface area is 361 Å². The molecule has 0 spiro atoms. The highest BCUT2D eigenvalue weighted by Crippen LogP contribution is 2.13. The van der Waals surface area contributed by atoms with E-state index in [4.69, 9.17) is 14.2 Å². The number of rotatable bonds is 40. The molecule has 0 aromatic carbocycles. The van der Waals surface area contributed by atoms with Crippen molar-refractivity contribution >= 4 is 17.9 Å². The molecule has 0 fully saturated rings. The van der Waals surface area contributed by atoms with Gasteiger partial charge in [0.15, 0.2) is 6.10 Å². The Balaban J connectivity index is 4.52. The van der Waals surface area contributed by atoms with Crippen LogP contribution < -0.4 is 0 Å². The first-order chi connectivity index (χ1) is 29.0. The zero-order valence-corrected chi connectivity index (χ0v) is 37.7. The van der Waals surface area contributed by atoms with Crippen LogP contribution in [0.15, 0.2) is 109 Å². The van der Waals surface area contributed by atoms with Crippen LogP contribution in [-0.4, -0.2) is 37.2 Å². The lowest BCUT2D eigenvalue weighted by molar-refractivity contribution is -0.167. The topological polar surface area (TPSA) is 78.9 Å². The Morgan fingerprint density at radius 3 is 1.25 bits per heavy atom. The average Bonchev–Trinajstić information content (AvgIpc) is 3.23. The van der Waals surface area contributed by atoms with Gasteiger partial charge < -0.3 is 14.2 Å². The maximum atomic E-state index is 12.7. The normalized spacial score (nSPS) is 13.1. The van der Waals surface area contributed by atoms with Crippen LogP contribution in [0.2, 0.25) is 0 Å². The highest BCUT2D eigenvalue weighted by Gasteiger charge is 2.19. The van der Waals surface area contributed by atoms with E-state index in [0.29, 0.717) is 12.8 Å². The number of allylic oxidation sites excluding steroid dienone is 18. The van der Waals surface area contributed by atoms with Crippen molar-refractivity contribution in [3.63, 3.8) is 0 Å². The molecular formula is C53H84O6. The van der Waals surface area contributed by atoms with Crippen molar-refractivity contribution in [3.05, 3.63) is 109 Å². The van der Waals surface area contributed by atoms with Gasteiger partial charge >= 0.3 is 17.9 Å². The van der Waals surface area contributed by atoms with Gasteiger partial charge in [-0.1, -0.05) is 207 Å². The van der Waals surface area contributed by atoms with E-state index in [1.807, 2.05) is 60.8 Å². The van der Waals surface area contributed by atoms with E-state index in [1.165, 1.54) is 44.9 Å². The van der Waals surface area contributed by atoms with Crippen LogP contribution >= 0.6 is 0 Å². The summed E-state index contributed by atoms with van der Waals surface area (Å²) >= 11 is 0. The lowest BCUT2D eigenvalue weighted by Gasteiger charge is -2.18. The fourth-order valence-electron chi connectivity index (χ4n) is 5.96. The molecule has 0 aliphatic rings. The minimum atomic E-state index is -0.807. The van der Waals surface area contributed by atoms with E-state index < -0.39 is 6.10 Å². The third-order valence-electron chi connectivity index (χ3n) is 9.43. The van der Waals surface area contributed by atoms with Crippen molar-refractivity contribution in [3.8, 4) is 0 Å². The Kier molecular flexibility index (Phi) is 43.6. The van der Waals surface area contributed by atoms with Crippen molar-refractivity contribution in [1.82, 2.24) is 0 Å². The largest absolute Gasteiger partial charge is 0.462 e. The van der Waals surface area contributed by atoms with Gasteiger partial charge in [-0.15, -0.1) is 0 Å². The third kappa shape index (κ3) is 45.0. The molecular weight excluding hydrogens is 733 g/mol. The molecule has 1 unspecified atom stereocenters. The van der Waals surface area contributed by atoms with Crippen LogP contribution in [-0.2, 0) is 28.6 Å². The quantitative estimate of drug-likeness (QED) is 0.0201. The Morgan fingerprint density at radius 2 is 0.746 bits per heavy atom. The molecule has 0 heterocycles. The van der Waals surface area contributed by atoms with Crippen LogP contribution in [0.4, 0.5) is 0 Å².